The third-order valence-electron chi connectivity index (χ3n) is 9.94. The number of hydrogen-bond donors (Lipinski definition) is 2. The van der Waals surface area contributed by atoms with Crippen molar-refractivity contribution in [1.82, 2.24) is 19.6 Å². The number of ketones is 1. The molecule has 3 N–H and O–H groups in total. The molecule has 4 fully saturated rings. The zero-order chi connectivity index (χ0) is 36.6. The summed E-state index contributed by atoms with van der Waals surface area (Å²) in [4.78, 5) is 52.6. The number of likely N-dealkylation sites (tertiary alicyclic amines) is 4. The number of aliphatic hydroxyl groups is 1. The summed E-state index contributed by atoms with van der Waals surface area (Å²) in [6.07, 6.45) is 10.4. The molecule has 4 aliphatic heterocycles. The topological polar surface area (TPSA) is 160 Å². The molecular formula is C35H69ClN6O8. The number of Topliss-reactive ketones (excluding diaryl/α,β-unsaturated/α-hetero) is 1. The minimum Gasteiger partial charge on any atom is -0.450 e. The molecule has 4 aliphatic rings. The van der Waals surface area contributed by atoms with Crippen molar-refractivity contribution in [1.29, 1.82) is 0 Å². The summed E-state index contributed by atoms with van der Waals surface area (Å²) in [5.74, 6) is 5.50. The van der Waals surface area contributed by atoms with Crippen LogP contribution >= 0.6 is 12.4 Å². The van der Waals surface area contributed by atoms with Gasteiger partial charge < -0.3 is 43.9 Å². The van der Waals surface area contributed by atoms with Gasteiger partial charge in [0.1, 0.15) is 12.9 Å². The van der Waals surface area contributed by atoms with Gasteiger partial charge >= 0.3 is 12.2 Å². The van der Waals surface area contributed by atoms with Crippen molar-refractivity contribution in [3.05, 3.63) is 0 Å². The molecule has 2 atom stereocenters. The van der Waals surface area contributed by atoms with E-state index in [4.69, 9.17) is 19.4 Å². The summed E-state index contributed by atoms with van der Waals surface area (Å²) < 4.78 is 10.2. The molecule has 0 spiro atoms. The number of halogens is 1. The van der Waals surface area contributed by atoms with E-state index < -0.39 is 0 Å². The van der Waals surface area contributed by atoms with E-state index in [1.807, 2.05) is 23.6 Å². The van der Waals surface area contributed by atoms with Crippen LogP contribution in [0.1, 0.15) is 91.9 Å². The van der Waals surface area contributed by atoms with Gasteiger partial charge in [-0.15, -0.1) is 12.4 Å². The average molecular weight is 737 g/mol. The number of nitrogens with zero attached hydrogens (tertiary/aromatic N) is 5. The third-order valence-corrected chi connectivity index (χ3v) is 9.94. The molecule has 4 saturated heterocycles. The first kappa shape index (κ1) is 47.8. The SMILES string of the molecule is CCOC(=O)N1CCCC(N2CCC(C(C)=NOC)CC2)CC1.CCOC(=O)N1CCCC(N2CCC(C(C)=O)CC2)CC1.CO.CON.Cl. The molecule has 294 valence electrons. The van der Waals surface area contributed by atoms with E-state index in [9.17, 15) is 14.4 Å². The minimum absolute atomic E-state index is 0. The maximum absolute atomic E-state index is 11.9. The lowest BCUT2D eigenvalue weighted by Crippen LogP contribution is -2.43. The van der Waals surface area contributed by atoms with Crippen LogP contribution in [0.5, 0.6) is 0 Å². The summed E-state index contributed by atoms with van der Waals surface area (Å²) in [5, 5.41) is 11.1. The highest BCUT2D eigenvalue weighted by atomic mass is 35.5. The molecular weight excluding hydrogens is 668 g/mol. The lowest BCUT2D eigenvalue weighted by atomic mass is 9.91. The van der Waals surface area contributed by atoms with Crippen LogP contribution in [0.25, 0.3) is 0 Å². The second kappa shape index (κ2) is 28.4. The molecule has 0 aromatic heterocycles. The third kappa shape index (κ3) is 17.3. The highest BCUT2D eigenvalue weighted by molar-refractivity contribution is 5.85. The van der Waals surface area contributed by atoms with E-state index in [0.717, 1.165) is 123 Å². The molecule has 0 aliphatic carbocycles. The van der Waals surface area contributed by atoms with Gasteiger partial charge in [-0.1, -0.05) is 5.16 Å². The zero-order valence-electron chi connectivity index (χ0n) is 32.0. The van der Waals surface area contributed by atoms with Crippen LogP contribution < -0.4 is 5.90 Å². The number of hydrogen-bond acceptors (Lipinski definition) is 12. The number of ether oxygens (including phenoxy) is 2. The fourth-order valence-electron chi connectivity index (χ4n) is 7.25. The predicted molar refractivity (Wildman–Crippen MR) is 198 cm³/mol. The monoisotopic (exact) mass is 736 g/mol. The minimum atomic E-state index is -0.173. The van der Waals surface area contributed by atoms with Crippen molar-refractivity contribution < 1.29 is 38.6 Å². The summed E-state index contributed by atoms with van der Waals surface area (Å²) in [6, 6.07) is 1.15. The van der Waals surface area contributed by atoms with Gasteiger partial charge in [0.2, 0.25) is 0 Å². The standard InChI is InChI=1S/C17H31N3O3.C16H28N2O3.CH5NO.CH4O.ClH/c1-4-23-17(21)20-10-5-6-16(9-13-20)19-11-7-15(8-12-19)14(2)18-22-3;1-3-21-16(20)18-9-4-5-15(8-12-18)17-10-6-14(7-11-17)13(2)19;1-3-2;1-2;/h15-16H,4-13H2,1-3H3;14-15H,3-12H2,1-2H3;2H2,1H3;2H,1H3;1H. The lowest BCUT2D eigenvalue weighted by molar-refractivity contribution is -0.122. The van der Waals surface area contributed by atoms with E-state index >= 15 is 0 Å². The Morgan fingerprint density at radius 2 is 1.04 bits per heavy atom. The molecule has 0 aromatic carbocycles. The first-order valence-corrected chi connectivity index (χ1v) is 18.3. The Morgan fingerprint density at radius 3 is 1.38 bits per heavy atom. The van der Waals surface area contributed by atoms with Gasteiger partial charge in [-0.25, -0.2) is 15.5 Å². The maximum Gasteiger partial charge on any atom is 0.409 e. The number of oxime groups is 1. The van der Waals surface area contributed by atoms with Gasteiger partial charge in [-0.05, 0) is 118 Å². The second-order valence-corrected chi connectivity index (χ2v) is 12.9. The number of piperidine rings is 2. The summed E-state index contributed by atoms with van der Waals surface area (Å²) in [5.41, 5.74) is 1.11. The number of nitrogens with two attached hydrogens (primary N) is 1. The fraction of sp³-hybridized carbons (Fsp3) is 0.886. The van der Waals surface area contributed by atoms with Crippen molar-refractivity contribution in [2.45, 2.75) is 104 Å². The number of rotatable bonds is 7. The Morgan fingerprint density at radius 1 is 0.660 bits per heavy atom. The zero-order valence-corrected chi connectivity index (χ0v) is 32.8. The average Bonchev–Trinajstić information content (AvgIpc) is 3.52. The predicted octanol–water partition coefficient (Wildman–Crippen LogP) is 4.57. The fourth-order valence-corrected chi connectivity index (χ4v) is 7.25. The van der Waals surface area contributed by atoms with Crippen LogP contribution in [0.3, 0.4) is 0 Å². The number of aliphatic hydroxyl groups excluding tert-OH is 1. The first-order valence-electron chi connectivity index (χ1n) is 18.3. The largest absolute Gasteiger partial charge is 0.450 e. The molecule has 0 radical (unpaired) electrons. The Hall–Kier alpha value is -2.23. The molecule has 0 aromatic rings. The molecule has 0 bridgehead atoms. The number of carbonyl (C=O) groups is 3. The second-order valence-electron chi connectivity index (χ2n) is 12.9. The molecule has 50 heavy (non-hydrogen) atoms. The summed E-state index contributed by atoms with van der Waals surface area (Å²) >= 11 is 0. The van der Waals surface area contributed by atoms with E-state index in [2.05, 4.69) is 32.6 Å². The number of carbonyl (C=O) groups excluding carboxylic acids is 3. The van der Waals surface area contributed by atoms with Gasteiger partial charge in [-0.2, -0.15) is 0 Å². The van der Waals surface area contributed by atoms with E-state index in [1.165, 1.54) is 13.5 Å². The summed E-state index contributed by atoms with van der Waals surface area (Å²) in [7, 11) is 4.01. The molecule has 4 rings (SSSR count). The molecule has 15 heteroatoms. The maximum atomic E-state index is 11.9. The Kier molecular flexibility index (Phi) is 27.1. The summed E-state index contributed by atoms with van der Waals surface area (Å²) in [6.45, 7) is 15.9. The number of amides is 2. The first-order chi connectivity index (χ1) is 23.7. The van der Waals surface area contributed by atoms with Crippen LogP contribution in [0.4, 0.5) is 9.59 Å². The smallest absolute Gasteiger partial charge is 0.409 e. The van der Waals surface area contributed by atoms with E-state index in [1.54, 1.807) is 14.0 Å². The highest BCUT2D eigenvalue weighted by Gasteiger charge is 2.31. The molecule has 14 nitrogen and oxygen atoms in total. The van der Waals surface area contributed by atoms with E-state index in [0.29, 0.717) is 37.0 Å². The molecule has 2 unspecified atom stereocenters. The lowest BCUT2D eigenvalue weighted by Gasteiger charge is -2.37. The van der Waals surface area contributed by atoms with Gasteiger partial charge in [0.25, 0.3) is 0 Å². The van der Waals surface area contributed by atoms with Crippen molar-refractivity contribution in [3.8, 4) is 0 Å². The van der Waals surface area contributed by atoms with Crippen molar-refractivity contribution in [2.24, 2.45) is 22.9 Å². The van der Waals surface area contributed by atoms with Crippen LogP contribution in [-0.2, 0) is 23.9 Å². The Labute approximate surface area is 307 Å². The Balaban J connectivity index is 0.000000838. The van der Waals surface area contributed by atoms with Gasteiger partial charge in [0, 0.05) is 57.2 Å². The van der Waals surface area contributed by atoms with E-state index in [-0.39, 0.29) is 30.5 Å². The van der Waals surface area contributed by atoms with Crippen LogP contribution in [0.2, 0.25) is 0 Å². The van der Waals surface area contributed by atoms with Crippen molar-refractivity contribution in [3.63, 3.8) is 0 Å². The van der Waals surface area contributed by atoms with Crippen LogP contribution in [-0.4, -0.2) is 147 Å². The highest BCUT2D eigenvalue weighted by Crippen LogP contribution is 2.26. The van der Waals surface area contributed by atoms with Gasteiger partial charge in [0.05, 0.1) is 26.0 Å². The van der Waals surface area contributed by atoms with Crippen LogP contribution in [0, 0.1) is 11.8 Å². The normalized spacial score (nSPS) is 22.7. The molecule has 4 heterocycles. The van der Waals surface area contributed by atoms with Gasteiger partial charge in [0.15, 0.2) is 0 Å². The van der Waals surface area contributed by atoms with Crippen molar-refractivity contribution in [2.75, 3.05) is 86.9 Å². The van der Waals surface area contributed by atoms with Gasteiger partial charge in [-0.3, -0.25) is 4.79 Å². The van der Waals surface area contributed by atoms with Crippen LogP contribution in [0.15, 0.2) is 5.16 Å². The van der Waals surface area contributed by atoms with Crippen molar-refractivity contribution >= 4 is 36.1 Å². The Bertz CT molecular complexity index is 948. The molecule has 0 saturated carbocycles. The molecule has 2 amide bonds. The quantitative estimate of drug-likeness (QED) is 0.279.